The number of carbonyl (C=O) groups is 1. The summed E-state index contributed by atoms with van der Waals surface area (Å²) in [6, 6.07) is 3.66. The number of rotatable bonds is 6. The maximum atomic E-state index is 11.8. The van der Waals surface area contributed by atoms with Crippen molar-refractivity contribution in [3.8, 4) is 5.88 Å². The van der Waals surface area contributed by atoms with Gasteiger partial charge < -0.3 is 19.3 Å². The average molecular weight is 294 g/mol. The van der Waals surface area contributed by atoms with Gasteiger partial charge in [-0.25, -0.2) is 0 Å². The van der Waals surface area contributed by atoms with Crippen molar-refractivity contribution in [2.75, 3.05) is 45.3 Å². The first-order valence-corrected chi connectivity index (χ1v) is 7.13. The van der Waals surface area contributed by atoms with E-state index in [2.05, 4.69) is 10.2 Å². The van der Waals surface area contributed by atoms with Crippen LogP contribution in [0.3, 0.4) is 0 Å². The highest BCUT2D eigenvalue weighted by Crippen LogP contribution is 2.17. The van der Waals surface area contributed by atoms with Gasteiger partial charge in [0.05, 0.1) is 6.54 Å². The number of likely N-dealkylation sites (tertiary alicyclic amines) is 1. The summed E-state index contributed by atoms with van der Waals surface area (Å²) in [5.74, 6) is 1.28. The molecule has 0 unspecified atom stereocenters. The molecule has 1 aromatic rings. The van der Waals surface area contributed by atoms with Gasteiger partial charge in [-0.05, 0) is 13.0 Å². The Bertz CT molecular complexity index is 464. The highest BCUT2D eigenvalue weighted by Gasteiger charge is 2.27. The molecule has 0 saturated carbocycles. The van der Waals surface area contributed by atoms with E-state index < -0.39 is 0 Å². The Kier molecular flexibility index (Phi) is 5.32. The van der Waals surface area contributed by atoms with E-state index in [1.54, 1.807) is 11.0 Å². The number of ether oxygens (including phenoxy) is 2. The lowest BCUT2D eigenvalue weighted by Crippen LogP contribution is -2.33. The number of amides is 1. The summed E-state index contributed by atoms with van der Waals surface area (Å²) in [6.45, 7) is 3.83. The molecule has 0 spiro atoms. The van der Waals surface area contributed by atoms with Crippen molar-refractivity contribution in [2.45, 2.75) is 19.4 Å². The van der Waals surface area contributed by atoms with Gasteiger partial charge in [0.2, 0.25) is 11.8 Å². The molecule has 21 heavy (non-hydrogen) atoms. The van der Waals surface area contributed by atoms with Crippen LogP contribution >= 0.6 is 0 Å². The second-order valence-corrected chi connectivity index (χ2v) is 5.13. The van der Waals surface area contributed by atoms with Crippen molar-refractivity contribution < 1.29 is 14.3 Å². The Balaban J connectivity index is 1.83. The minimum atomic E-state index is -0.0323. The minimum absolute atomic E-state index is 0.0111. The van der Waals surface area contributed by atoms with Crippen LogP contribution in [0.1, 0.15) is 13.3 Å². The van der Waals surface area contributed by atoms with Gasteiger partial charge in [-0.15, -0.1) is 10.2 Å². The lowest BCUT2D eigenvalue weighted by Gasteiger charge is -2.17. The van der Waals surface area contributed by atoms with E-state index in [9.17, 15) is 4.79 Å². The molecule has 1 atom stereocenters. The normalized spacial score (nSPS) is 17.9. The molecule has 7 heteroatoms. The summed E-state index contributed by atoms with van der Waals surface area (Å²) in [4.78, 5) is 15.5. The lowest BCUT2D eigenvalue weighted by atomic mass is 10.3. The van der Waals surface area contributed by atoms with Crippen LogP contribution < -0.4 is 9.64 Å². The highest BCUT2D eigenvalue weighted by atomic mass is 16.5. The number of nitrogens with zero attached hydrogens (tertiary/aromatic N) is 4. The molecule has 2 rings (SSSR count). The van der Waals surface area contributed by atoms with Gasteiger partial charge in [-0.1, -0.05) is 0 Å². The Labute approximate surface area is 124 Å². The number of hydrogen-bond donors (Lipinski definition) is 0. The van der Waals surface area contributed by atoms with Crippen LogP contribution in [-0.4, -0.2) is 67.5 Å². The maximum absolute atomic E-state index is 11.8. The monoisotopic (exact) mass is 294 g/mol. The molecule has 0 N–H and O–H groups in total. The third kappa shape index (κ3) is 4.29. The summed E-state index contributed by atoms with van der Waals surface area (Å²) < 4.78 is 10.9. The minimum Gasteiger partial charge on any atom is -0.471 e. The second-order valence-electron chi connectivity index (χ2n) is 5.13. The van der Waals surface area contributed by atoms with E-state index in [0.29, 0.717) is 25.6 Å². The number of carbonyl (C=O) groups excluding carboxylic acids is 1. The van der Waals surface area contributed by atoms with Crippen molar-refractivity contribution >= 4 is 11.7 Å². The molecular formula is C14H22N4O3. The maximum Gasteiger partial charge on any atom is 0.248 e. The molecule has 116 valence electrons. The molecule has 1 aliphatic heterocycles. The van der Waals surface area contributed by atoms with Gasteiger partial charge in [-0.2, -0.15) is 0 Å². The number of anilines is 1. The second kappa shape index (κ2) is 7.21. The van der Waals surface area contributed by atoms with Crippen LogP contribution in [0.15, 0.2) is 12.1 Å². The topological polar surface area (TPSA) is 67.8 Å². The van der Waals surface area contributed by atoms with Crippen molar-refractivity contribution in [2.24, 2.45) is 0 Å². The fourth-order valence-electron chi connectivity index (χ4n) is 2.12. The molecule has 0 aliphatic carbocycles. The highest BCUT2D eigenvalue weighted by molar-refractivity contribution is 5.77. The van der Waals surface area contributed by atoms with Crippen LogP contribution in [0.2, 0.25) is 0 Å². The quantitative estimate of drug-likeness (QED) is 0.763. The number of aromatic nitrogens is 2. The predicted octanol–water partition coefficient (Wildman–Crippen LogP) is 0.559. The fourth-order valence-corrected chi connectivity index (χ4v) is 2.12. The van der Waals surface area contributed by atoms with Crippen LogP contribution in [-0.2, 0) is 9.53 Å². The van der Waals surface area contributed by atoms with Gasteiger partial charge in [0, 0.05) is 39.7 Å². The first-order valence-electron chi connectivity index (χ1n) is 7.13. The molecule has 7 nitrogen and oxygen atoms in total. The van der Waals surface area contributed by atoms with Crippen LogP contribution in [0.25, 0.3) is 0 Å². The van der Waals surface area contributed by atoms with Gasteiger partial charge in [0.15, 0.2) is 5.82 Å². The zero-order valence-corrected chi connectivity index (χ0v) is 12.8. The third-order valence-corrected chi connectivity index (χ3v) is 3.30. The molecule has 0 radical (unpaired) electrons. The smallest absolute Gasteiger partial charge is 0.248 e. The summed E-state index contributed by atoms with van der Waals surface area (Å²) in [7, 11) is 3.81. The first-order chi connectivity index (χ1) is 10.1. The van der Waals surface area contributed by atoms with E-state index >= 15 is 0 Å². The summed E-state index contributed by atoms with van der Waals surface area (Å²) >= 11 is 0. The molecule has 1 aliphatic rings. The largest absolute Gasteiger partial charge is 0.471 e. The van der Waals surface area contributed by atoms with E-state index in [-0.39, 0.29) is 18.6 Å². The Morgan fingerprint density at radius 1 is 1.43 bits per heavy atom. The molecule has 1 saturated heterocycles. The fraction of sp³-hybridized carbons (Fsp3) is 0.643. The zero-order valence-electron chi connectivity index (χ0n) is 12.8. The van der Waals surface area contributed by atoms with E-state index in [4.69, 9.17) is 9.47 Å². The van der Waals surface area contributed by atoms with Gasteiger partial charge in [-0.3, -0.25) is 4.79 Å². The van der Waals surface area contributed by atoms with E-state index in [1.165, 1.54) is 0 Å². The summed E-state index contributed by atoms with van der Waals surface area (Å²) in [6.07, 6.45) is 0.768. The molecule has 1 aromatic heterocycles. The zero-order chi connectivity index (χ0) is 15.2. The molecule has 2 heterocycles. The number of hydrogen-bond acceptors (Lipinski definition) is 6. The lowest BCUT2D eigenvalue weighted by molar-refractivity contribution is -0.135. The van der Waals surface area contributed by atoms with Crippen LogP contribution in [0.5, 0.6) is 5.88 Å². The molecule has 0 aromatic carbocycles. The Hall–Kier alpha value is -1.89. The predicted molar refractivity (Wildman–Crippen MR) is 78.5 cm³/mol. The van der Waals surface area contributed by atoms with Crippen molar-refractivity contribution in [3.63, 3.8) is 0 Å². The van der Waals surface area contributed by atoms with E-state index in [1.807, 2.05) is 32.0 Å². The van der Waals surface area contributed by atoms with Gasteiger partial charge in [0.25, 0.3) is 0 Å². The molecule has 1 amide bonds. The standard InChI is InChI=1S/C14H22N4O3/c1-4-20-10-14(19)18-8-7-11(9-18)21-13-6-5-12(15-16-13)17(2)3/h5-6,11H,4,7-10H2,1-3H3/t11-/m0/s1. The summed E-state index contributed by atoms with van der Waals surface area (Å²) in [5.41, 5.74) is 0. The van der Waals surface area contributed by atoms with Crippen LogP contribution in [0.4, 0.5) is 5.82 Å². The summed E-state index contributed by atoms with van der Waals surface area (Å²) in [5, 5.41) is 8.11. The first kappa shape index (κ1) is 15.5. The van der Waals surface area contributed by atoms with Crippen molar-refractivity contribution in [1.82, 2.24) is 15.1 Å². The average Bonchev–Trinajstić information content (AvgIpc) is 2.94. The van der Waals surface area contributed by atoms with Crippen LogP contribution in [0, 0.1) is 0 Å². The van der Waals surface area contributed by atoms with Crippen molar-refractivity contribution in [3.05, 3.63) is 12.1 Å². The molecule has 0 bridgehead atoms. The SMILES string of the molecule is CCOCC(=O)N1CC[C@H](Oc2ccc(N(C)C)nn2)C1. The Morgan fingerprint density at radius 3 is 2.86 bits per heavy atom. The van der Waals surface area contributed by atoms with Gasteiger partial charge >= 0.3 is 0 Å². The molecular weight excluding hydrogens is 272 g/mol. The van der Waals surface area contributed by atoms with Crippen molar-refractivity contribution in [1.29, 1.82) is 0 Å². The Morgan fingerprint density at radius 2 is 2.24 bits per heavy atom. The molecule has 1 fully saturated rings. The van der Waals surface area contributed by atoms with Gasteiger partial charge in [0.1, 0.15) is 12.7 Å². The third-order valence-electron chi connectivity index (χ3n) is 3.30. The van der Waals surface area contributed by atoms with E-state index in [0.717, 1.165) is 12.2 Å².